The maximum Gasteiger partial charge on any atom is 0.0540 e. The molecule has 62 heavy (non-hydrogen) atoms. The topological polar surface area (TPSA) is 6.48 Å². The molecule has 0 amide bonds. The van der Waals surface area contributed by atoms with Gasteiger partial charge in [0.1, 0.15) is 0 Å². The van der Waals surface area contributed by atoms with E-state index in [1.165, 1.54) is 75.1 Å². The highest BCUT2D eigenvalue weighted by Crippen LogP contribution is 2.52. The number of thiophene rings is 1. The van der Waals surface area contributed by atoms with E-state index in [0.29, 0.717) is 0 Å². The fraction of sp³-hybridized carbons (Fsp3) is 0.0508. The Morgan fingerprint density at radius 3 is 1.65 bits per heavy atom. The van der Waals surface area contributed by atoms with Crippen molar-refractivity contribution in [3.63, 3.8) is 0 Å². The molecule has 1 aliphatic carbocycles. The van der Waals surface area contributed by atoms with Crippen LogP contribution in [-0.2, 0) is 5.41 Å². The van der Waals surface area contributed by atoms with Crippen LogP contribution in [0.15, 0.2) is 218 Å². The van der Waals surface area contributed by atoms with E-state index in [-0.39, 0.29) is 5.41 Å². The van der Waals surface area contributed by atoms with Crippen molar-refractivity contribution in [3.8, 4) is 22.3 Å². The standard InChI is InChI=1S/C59H42N2S/c1-59(2)53-28-16-14-26-47(53)48-33-30-43(37-54(48)59)61(55-29-17-15-24-45(55)39-18-6-3-7-19-39)42-31-34-50-52(36-42)46-25-12-13-27-49(46)57-51-35-32-44(38-56(51)62-58(50)57)60(40-20-8-4-9-21-40)41-22-10-5-11-23-41/h3-38H,1-2H3. The van der Waals surface area contributed by atoms with Gasteiger partial charge in [0.05, 0.1) is 5.69 Å². The maximum atomic E-state index is 2.49. The minimum Gasteiger partial charge on any atom is -0.310 e. The number of nitrogens with zero attached hydrogens (tertiary/aromatic N) is 2. The van der Waals surface area contributed by atoms with Crippen molar-refractivity contribution >= 4 is 87.2 Å². The Morgan fingerprint density at radius 1 is 0.355 bits per heavy atom. The second-order valence-corrected chi connectivity index (χ2v) is 17.9. The summed E-state index contributed by atoms with van der Waals surface area (Å²) >= 11 is 1.90. The molecule has 12 rings (SSSR count). The Hall–Kier alpha value is -7.46. The highest BCUT2D eigenvalue weighted by Gasteiger charge is 2.36. The number of fused-ring (bicyclic) bond motifs is 11. The number of para-hydroxylation sites is 3. The first kappa shape index (κ1) is 36.4. The molecule has 2 nitrogen and oxygen atoms in total. The third-order valence-electron chi connectivity index (χ3n) is 13.0. The van der Waals surface area contributed by atoms with Crippen LogP contribution in [0.3, 0.4) is 0 Å². The van der Waals surface area contributed by atoms with Crippen LogP contribution in [0.4, 0.5) is 34.1 Å². The zero-order chi connectivity index (χ0) is 41.4. The van der Waals surface area contributed by atoms with Gasteiger partial charge < -0.3 is 9.80 Å². The largest absolute Gasteiger partial charge is 0.310 e. The van der Waals surface area contributed by atoms with Crippen LogP contribution in [0.2, 0.25) is 0 Å². The summed E-state index contributed by atoms with van der Waals surface area (Å²) < 4.78 is 2.59. The molecule has 294 valence electrons. The predicted octanol–water partition coefficient (Wildman–Crippen LogP) is 17.3. The Bertz CT molecular complexity index is 3460. The molecule has 0 spiro atoms. The molecule has 0 aliphatic heterocycles. The molecule has 1 heterocycles. The summed E-state index contributed by atoms with van der Waals surface area (Å²) in [5.74, 6) is 0. The fourth-order valence-electron chi connectivity index (χ4n) is 10.1. The lowest BCUT2D eigenvalue weighted by Gasteiger charge is -2.30. The van der Waals surface area contributed by atoms with Gasteiger partial charge in [0.25, 0.3) is 0 Å². The average Bonchev–Trinajstić information content (AvgIpc) is 3.82. The van der Waals surface area contributed by atoms with E-state index < -0.39 is 0 Å². The number of benzene rings is 10. The van der Waals surface area contributed by atoms with Gasteiger partial charge in [0, 0.05) is 65.0 Å². The van der Waals surface area contributed by atoms with Crippen molar-refractivity contribution in [2.75, 3.05) is 9.80 Å². The quantitative estimate of drug-likeness (QED) is 0.148. The highest BCUT2D eigenvalue weighted by molar-refractivity contribution is 7.27. The monoisotopic (exact) mass is 810 g/mol. The molecule has 1 aliphatic rings. The molecule has 11 aromatic rings. The van der Waals surface area contributed by atoms with E-state index in [4.69, 9.17) is 0 Å². The molecule has 0 radical (unpaired) electrons. The molecule has 0 fully saturated rings. The van der Waals surface area contributed by atoms with Crippen LogP contribution in [-0.4, -0.2) is 0 Å². The summed E-state index contributed by atoms with van der Waals surface area (Å²) in [4.78, 5) is 4.84. The molecular weight excluding hydrogens is 769 g/mol. The van der Waals surface area contributed by atoms with Crippen molar-refractivity contribution in [1.29, 1.82) is 0 Å². The van der Waals surface area contributed by atoms with Gasteiger partial charge in [-0.2, -0.15) is 0 Å². The molecule has 0 saturated carbocycles. The van der Waals surface area contributed by atoms with Crippen molar-refractivity contribution in [1.82, 2.24) is 0 Å². The molecular formula is C59H42N2S. The van der Waals surface area contributed by atoms with Crippen LogP contribution < -0.4 is 9.80 Å². The van der Waals surface area contributed by atoms with Crippen LogP contribution in [0, 0.1) is 0 Å². The van der Waals surface area contributed by atoms with E-state index in [0.717, 1.165) is 34.1 Å². The Morgan fingerprint density at radius 2 is 0.903 bits per heavy atom. The summed E-state index contributed by atoms with van der Waals surface area (Å²) in [6, 6.07) is 80.2. The van der Waals surface area contributed by atoms with Gasteiger partial charge in [0.15, 0.2) is 0 Å². The van der Waals surface area contributed by atoms with Gasteiger partial charge in [-0.15, -0.1) is 11.3 Å². The first-order valence-electron chi connectivity index (χ1n) is 21.4. The molecule has 1 aromatic heterocycles. The first-order valence-corrected chi connectivity index (χ1v) is 22.2. The Labute approximate surface area is 366 Å². The van der Waals surface area contributed by atoms with Gasteiger partial charge >= 0.3 is 0 Å². The van der Waals surface area contributed by atoms with Crippen molar-refractivity contribution < 1.29 is 0 Å². The SMILES string of the molecule is CC1(C)c2ccccc2-c2ccc(N(c3ccc4c(c3)c3ccccc3c3c5ccc(N(c6ccccc6)c6ccccc6)cc5sc43)c3ccccc3-c3ccccc3)cc21. The first-order chi connectivity index (χ1) is 30.5. The highest BCUT2D eigenvalue weighted by atomic mass is 32.1. The van der Waals surface area contributed by atoms with Crippen LogP contribution in [0.1, 0.15) is 25.0 Å². The average molecular weight is 811 g/mol. The molecule has 3 heteroatoms. The van der Waals surface area contributed by atoms with Crippen LogP contribution in [0.25, 0.3) is 64.0 Å². The predicted molar refractivity (Wildman–Crippen MR) is 267 cm³/mol. The fourth-order valence-corrected chi connectivity index (χ4v) is 11.4. The zero-order valence-electron chi connectivity index (χ0n) is 34.6. The Balaban J connectivity index is 1.08. The second-order valence-electron chi connectivity index (χ2n) is 16.9. The minimum absolute atomic E-state index is 0.127. The molecule has 0 atom stereocenters. The van der Waals surface area contributed by atoms with Crippen molar-refractivity contribution in [2.24, 2.45) is 0 Å². The summed E-state index contributed by atoms with van der Waals surface area (Å²) in [7, 11) is 0. The summed E-state index contributed by atoms with van der Waals surface area (Å²) in [6.07, 6.45) is 0. The van der Waals surface area contributed by atoms with E-state index in [2.05, 4.69) is 242 Å². The van der Waals surface area contributed by atoms with Crippen molar-refractivity contribution in [2.45, 2.75) is 19.3 Å². The smallest absolute Gasteiger partial charge is 0.0540 e. The van der Waals surface area contributed by atoms with Crippen molar-refractivity contribution in [3.05, 3.63) is 230 Å². The third kappa shape index (κ3) is 5.70. The summed E-state index contributed by atoms with van der Waals surface area (Å²) in [5.41, 5.74) is 14.5. The normalized spacial score (nSPS) is 12.8. The van der Waals surface area contributed by atoms with Gasteiger partial charge in [-0.1, -0.05) is 166 Å². The number of rotatable bonds is 7. The number of hydrogen-bond donors (Lipinski definition) is 0. The maximum absolute atomic E-state index is 2.49. The van der Waals surface area contributed by atoms with E-state index in [9.17, 15) is 0 Å². The van der Waals surface area contributed by atoms with Crippen LogP contribution in [0.5, 0.6) is 0 Å². The third-order valence-corrected chi connectivity index (χ3v) is 14.2. The van der Waals surface area contributed by atoms with Gasteiger partial charge in [0.2, 0.25) is 0 Å². The zero-order valence-corrected chi connectivity index (χ0v) is 35.4. The molecule has 0 bridgehead atoms. The lowest BCUT2D eigenvalue weighted by Crippen LogP contribution is -2.16. The van der Waals surface area contributed by atoms with E-state index in [1.54, 1.807) is 0 Å². The Kier molecular flexibility index (Phi) is 8.41. The molecule has 10 aromatic carbocycles. The van der Waals surface area contributed by atoms with E-state index in [1.807, 2.05) is 11.3 Å². The lowest BCUT2D eigenvalue weighted by molar-refractivity contribution is 0.660. The molecule has 0 saturated heterocycles. The minimum atomic E-state index is -0.127. The lowest BCUT2D eigenvalue weighted by atomic mass is 9.82. The van der Waals surface area contributed by atoms with Crippen LogP contribution >= 0.6 is 11.3 Å². The molecule has 0 N–H and O–H groups in total. The number of hydrogen-bond acceptors (Lipinski definition) is 3. The van der Waals surface area contributed by atoms with Gasteiger partial charge in [-0.05, 0) is 111 Å². The summed E-state index contributed by atoms with van der Waals surface area (Å²) in [6.45, 7) is 4.73. The van der Waals surface area contributed by atoms with Gasteiger partial charge in [-0.25, -0.2) is 0 Å². The second kappa shape index (κ2) is 14.3. The van der Waals surface area contributed by atoms with E-state index >= 15 is 0 Å². The molecule has 0 unspecified atom stereocenters. The number of anilines is 6. The summed E-state index contributed by atoms with van der Waals surface area (Å²) in [5, 5.41) is 7.68. The van der Waals surface area contributed by atoms with Gasteiger partial charge in [-0.3, -0.25) is 0 Å².